The molecule has 1 saturated heterocycles. The third-order valence-electron chi connectivity index (χ3n) is 6.94. The molecular weight excluding hydrogens is 444 g/mol. The number of rotatable bonds is 8. The van der Waals surface area contributed by atoms with Gasteiger partial charge < -0.3 is 25.0 Å². The normalized spacial score (nSPS) is 21.6. The molecule has 3 aliphatic rings. The fourth-order valence-corrected chi connectivity index (χ4v) is 4.98. The van der Waals surface area contributed by atoms with Crippen LogP contribution in [0.4, 0.5) is 0 Å². The van der Waals surface area contributed by atoms with Gasteiger partial charge in [0.15, 0.2) is 12.0 Å². The van der Waals surface area contributed by atoms with Crippen LogP contribution in [0.5, 0.6) is 0 Å². The predicted octanol–water partition coefficient (Wildman–Crippen LogP) is 2.22. The minimum absolute atomic E-state index is 0.0366. The highest BCUT2D eigenvalue weighted by Gasteiger charge is 2.45. The van der Waals surface area contributed by atoms with E-state index < -0.39 is 0 Å². The summed E-state index contributed by atoms with van der Waals surface area (Å²) in [5.41, 5.74) is 7.91. The molecule has 180 valence electrons. The predicted molar refractivity (Wildman–Crippen MR) is 127 cm³/mol. The largest absolute Gasteiger partial charge is 0.432 e. The topological polar surface area (TPSA) is 152 Å². The summed E-state index contributed by atoms with van der Waals surface area (Å²) in [6.45, 7) is 0.861. The number of nitrogens with two attached hydrogens (primary N) is 2. The summed E-state index contributed by atoms with van der Waals surface area (Å²) >= 11 is 0. The molecule has 0 bridgehead atoms. The Morgan fingerprint density at radius 2 is 2.06 bits per heavy atom. The molecular formula is C25H28N8O2. The maximum absolute atomic E-state index is 13.6. The van der Waals surface area contributed by atoms with Gasteiger partial charge in [0, 0.05) is 30.5 Å². The van der Waals surface area contributed by atoms with Crippen LogP contribution in [0.15, 0.2) is 41.2 Å². The molecule has 1 aliphatic heterocycles. The van der Waals surface area contributed by atoms with Crippen molar-refractivity contribution in [2.75, 3.05) is 13.1 Å². The van der Waals surface area contributed by atoms with Gasteiger partial charge in [-0.15, -0.1) is 0 Å². The van der Waals surface area contributed by atoms with E-state index in [0.29, 0.717) is 36.8 Å². The van der Waals surface area contributed by atoms with E-state index >= 15 is 0 Å². The van der Waals surface area contributed by atoms with E-state index in [0.717, 1.165) is 36.8 Å². The summed E-state index contributed by atoms with van der Waals surface area (Å²) < 4.78 is 6.00. The highest BCUT2D eigenvalue weighted by Crippen LogP contribution is 2.45. The Morgan fingerprint density at radius 3 is 2.71 bits per heavy atom. The number of benzene rings is 1. The SMILES string of the molecule is N#Cc1ccc(C2CC2)c(-c2cnc(C(=O)N(C3CC3)[C@@H]3C[C@@H](CN(N)/C=C\N)N(C#N)C3)o2)c1. The number of carbonyl (C=O) groups is 1. The lowest BCUT2D eigenvalue weighted by atomic mass is 9.99. The van der Waals surface area contributed by atoms with Gasteiger partial charge in [-0.3, -0.25) is 4.79 Å². The number of amides is 1. The lowest BCUT2D eigenvalue weighted by Crippen LogP contribution is -2.43. The van der Waals surface area contributed by atoms with Crippen molar-refractivity contribution in [1.82, 2.24) is 19.8 Å². The highest BCUT2D eigenvalue weighted by atomic mass is 16.4. The van der Waals surface area contributed by atoms with Crippen molar-refractivity contribution in [3.8, 4) is 23.6 Å². The van der Waals surface area contributed by atoms with Crippen LogP contribution in [0.1, 0.15) is 59.8 Å². The van der Waals surface area contributed by atoms with Gasteiger partial charge in [0.1, 0.15) is 0 Å². The van der Waals surface area contributed by atoms with Gasteiger partial charge in [0.05, 0.1) is 36.5 Å². The molecule has 2 aromatic rings. The zero-order chi connectivity index (χ0) is 24.5. The van der Waals surface area contributed by atoms with Crippen LogP contribution >= 0.6 is 0 Å². The van der Waals surface area contributed by atoms with Crippen molar-refractivity contribution >= 4 is 5.91 Å². The Balaban J connectivity index is 1.37. The van der Waals surface area contributed by atoms with Crippen molar-refractivity contribution in [3.05, 3.63) is 53.8 Å². The van der Waals surface area contributed by atoms with E-state index in [9.17, 15) is 15.3 Å². The van der Waals surface area contributed by atoms with Crippen molar-refractivity contribution < 1.29 is 9.21 Å². The lowest BCUT2D eigenvalue weighted by Gasteiger charge is -2.27. The summed E-state index contributed by atoms with van der Waals surface area (Å²) in [5, 5.41) is 20.5. The minimum Gasteiger partial charge on any atom is -0.432 e. The smallest absolute Gasteiger partial charge is 0.310 e. The molecule has 3 fully saturated rings. The number of aromatic nitrogens is 1. The monoisotopic (exact) mass is 472 g/mol. The molecule has 1 aromatic carbocycles. The van der Waals surface area contributed by atoms with Crippen LogP contribution in [0.2, 0.25) is 0 Å². The lowest BCUT2D eigenvalue weighted by molar-refractivity contribution is 0.0628. The van der Waals surface area contributed by atoms with Gasteiger partial charge >= 0.3 is 5.91 Å². The molecule has 2 aliphatic carbocycles. The third kappa shape index (κ3) is 4.66. The summed E-state index contributed by atoms with van der Waals surface area (Å²) in [6.07, 6.45) is 11.4. The zero-order valence-corrected chi connectivity index (χ0v) is 19.4. The van der Waals surface area contributed by atoms with Crippen LogP contribution in [0, 0.1) is 22.8 Å². The average molecular weight is 473 g/mol. The first-order valence-corrected chi connectivity index (χ1v) is 11.9. The van der Waals surface area contributed by atoms with E-state index in [1.807, 2.05) is 23.1 Å². The summed E-state index contributed by atoms with van der Waals surface area (Å²) in [5.74, 6) is 6.67. The maximum atomic E-state index is 13.6. The van der Waals surface area contributed by atoms with Crippen LogP contribution in [0.3, 0.4) is 0 Å². The third-order valence-corrected chi connectivity index (χ3v) is 6.94. The Kier molecular flexibility index (Phi) is 6.06. The first-order valence-electron chi connectivity index (χ1n) is 11.9. The standard InChI is InChI=1S/C25H28N8O2/c26-7-8-32(29)14-19-10-20(13-31(19)15-28)33(18-4-5-18)25(34)24-30-12-23(35-24)22-9-16(11-27)1-6-21(22)17-2-3-17/h1,6-9,12,17-20H,2-5,10,13-14,26,29H2/b8-7-/t19-,20+/m0/s1. The Hall–Kier alpha value is -4.02. The quantitative estimate of drug-likeness (QED) is 0.334. The molecule has 0 radical (unpaired) electrons. The Labute approximate surface area is 204 Å². The number of likely N-dealkylation sites (tertiary alicyclic amines) is 1. The van der Waals surface area contributed by atoms with E-state index in [2.05, 4.69) is 17.2 Å². The molecule has 35 heavy (non-hydrogen) atoms. The number of hydrogen-bond donors (Lipinski definition) is 2. The summed E-state index contributed by atoms with van der Waals surface area (Å²) in [4.78, 5) is 21.4. The molecule has 5 rings (SSSR count). The van der Waals surface area contributed by atoms with Crippen LogP contribution < -0.4 is 11.6 Å². The van der Waals surface area contributed by atoms with Gasteiger partial charge in [0.2, 0.25) is 0 Å². The summed E-state index contributed by atoms with van der Waals surface area (Å²) in [6, 6.07) is 7.61. The van der Waals surface area contributed by atoms with Crippen molar-refractivity contribution in [3.63, 3.8) is 0 Å². The van der Waals surface area contributed by atoms with Crippen molar-refractivity contribution in [1.29, 1.82) is 10.5 Å². The second-order valence-electron chi connectivity index (χ2n) is 9.50. The fraction of sp³-hybridized carbons (Fsp3) is 0.440. The number of carbonyl (C=O) groups excluding carboxylic acids is 1. The second kappa shape index (κ2) is 9.32. The number of nitriles is 2. The van der Waals surface area contributed by atoms with Crippen LogP contribution in [-0.2, 0) is 0 Å². The maximum Gasteiger partial charge on any atom is 0.310 e. The number of oxazole rings is 1. The van der Waals surface area contributed by atoms with E-state index in [-0.39, 0.29) is 29.9 Å². The van der Waals surface area contributed by atoms with Gasteiger partial charge in [-0.2, -0.15) is 10.5 Å². The second-order valence-corrected chi connectivity index (χ2v) is 9.50. The van der Waals surface area contributed by atoms with Gasteiger partial charge in [-0.25, -0.2) is 10.8 Å². The molecule has 1 amide bonds. The summed E-state index contributed by atoms with van der Waals surface area (Å²) in [7, 11) is 0. The molecule has 0 spiro atoms. The highest BCUT2D eigenvalue weighted by molar-refractivity contribution is 5.91. The first-order chi connectivity index (χ1) is 17.0. The van der Waals surface area contributed by atoms with E-state index in [4.69, 9.17) is 16.0 Å². The molecule has 4 N–H and O–H groups in total. The molecule has 1 aromatic heterocycles. The molecule has 2 heterocycles. The molecule has 2 atom stereocenters. The minimum atomic E-state index is -0.266. The van der Waals surface area contributed by atoms with Crippen LogP contribution in [0.25, 0.3) is 11.3 Å². The van der Waals surface area contributed by atoms with Crippen molar-refractivity contribution in [2.24, 2.45) is 11.6 Å². The molecule has 0 unspecified atom stereocenters. The number of nitrogens with zero attached hydrogens (tertiary/aromatic N) is 6. The first kappa shape index (κ1) is 22.8. The van der Waals surface area contributed by atoms with E-state index in [1.165, 1.54) is 11.2 Å². The van der Waals surface area contributed by atoms with Gasteiger partial charge in [-0.1, -0.05) is 6.07 Å². The number of hydrazine groups is 1. The average Bonchev–Trinajstić information content (AvgIpc) is 3.79. The van der Waals surface area contributed by atoms with Crippen molar-refractivity contribution in [2.45, 2.75) is 56.1 Å². The van der Waals surface area contributed by atoms with Gasteiger partial charge in [-0.05, 0) is 55.7 Å². The van der Waals surface area contributed by atoms with Crippen LogP contribution in [-0.4, -0.2) is 56.9 Å². The van der Waals surface area contributed by atoms with Gasteiger partial charge in [0.25, 0.3) is 5.89 Å². The van der Waals surface area contributed by atoms with E-state index in [1.54, 1.807) is 17.3 Å². The zero-order valence-electron chi connectivity index (χ0n) is 19.4. The molecule has 2 saturated carbocycles. The molecule has 10 nitrogen and oxygen atoms in total. The Bertz CT molecular complexity index is 1220. The molecule has 10 heteroatoms. The number of hydrogen-bond acceptors (Lipinski definition) is 9. The Morgan fingerprint density at radius 1 is 1.26 bits per heavy atom. The fourth-order valence-electron chi connectivity index (χ4n) is 4.98.